The first-order valence-electron chi connectivity index (χ1n) is 7.52. The Kier molecular flexibility index (Phi) is 3.55. The van der Waals surface area contributed by atoms with Crippen LogP contribution in [-0.4, -0.2) is 19.5 Å². The molecule has 0 unspecified atom stereocenters. The third-order valence-electron chi connectivity index (χ3n) is 3.58. The van der Waals surface area contributed by atoms with Gasteiger partial charge in [-0.15, -0.1) is 0 Å². The van der Waals surface area contributed by atoms with E-state index in [9.17, 15) is 0 Å². The van der Waals surface area contributed by atoms with Crippen LogP contribution in [0.4, 0.5) is 11.6 Å². The van der Waals surface area contributed by atoms with Crippen LogP contribution in [-0.2, 0) is 7.05 Å². The fourth-order valence-corrected chi connectivity index (χ4v) is 2.41. The van der Waals surface area contributed by atoms with Crippen molar-refractivity contribution >= 4 is 22.7 Å². The number of rotatable bonds is 4. The number of hydrogen-bond donors (Lipinski definition) is 1. The maximum Gasteiger partial charge on any atom is 0.230 e. The summed E-state index contributed by atoms with van der Waals surface area (Å²) in [6.07, 6.45) is 3.45. The molecule has 6 heteroatoms. The fraction of sp³-hybridized carbons (Fsp3) is 0.0556. The first-order valence-corrected chi connectivity index (χ1v) is 7.52. The number of aromatic nitrogens is 4. The molecule has 4 rings (SSSR count). The van der Waals surface area contributed by atoms with Gasteiger partial charge in [-0.25, -0.2) is 9.97 Å². The third-order valence-corrected chi connectivity index (χ3v) is 3.58. The van der Waals surface area contributed by atoms with Crippen molar-refractivity contribution in [2.24, 2.45) is 7.05 Å². The molecule has 0 aliphatic rings. The van der Waals surface area contributed by atoms with Gasteiger partial charge in [0.2, 0.25) is 11.8 Å². The van der Waals surface area contributed by atoms with Gasteiger partial charge in [-0.3, -0.25) is 0 Å². The number of para-hydroxylation sites is 1. The Hall–Kier alpha value is -3.41. The van der Waals surface area contributed by atoms with Crippen LogP contribution in [0.1, 0.15) is 0 Å². The Balaban J connectivity index is 1.56. The molecule has 2 heterocycles. The molecular weight excluding hydrogens is 302 g/mol. The van der Waals surface area contributed by atoms with E-state index in [1.54, 1.807) is 18.6 Å². The van der Waals surface area contributed by atoms with Crippen LogP contribution < -0.4 is 10.1 Å². The number of nitrogens with zero attached hydrogens (tertiary/aromatic N) is 4. The van der Waals surface area contributed by atoms with E-state index in [-0.39, 0.29) is 0 Å². The van der Waals surface area contributed by atoms with Crippen molar-refractivity contribution in [3.05, 3.63) is 67.1 Å². The first kappa shape index (κ1) is 14.2. The number of ether oxygens (including phenoxy) is 1. The van der Waals surface area contributed by atoms with Crippen molar-refractivity contribution in [3.63, 3.8) is 0 Å². The molecule has 24 heavy (non-hydrogen) atoms. The SMILES string of the molecule is Cn1cnc2cc(Nc3nccc(Oc4ccccc4)n3)ccc21. The average molecular weight is 317 g/mol. The molecule has 0 aliphatic heterocycles. The normalized spacial score (nSPS) is 10.7. The number of hydrogen-bond acceptors (Lipinski definition) is 5. The summed E-state index contributed by atoms with van der Waals surface area (Å²) < 4.78 is 7.70. The van der Waals surface area contributed by atoms with Crippen LogP contribution >= 0.6 is 0 Å². The topological polar surface area (TPSA) is 64.9 Å². The molecule has 0 atom stereocenters. The van der Waals surface area contributed by atoms with E-state index in [2.05, 4.69) is 20.3 Å². The second-order valence-electron chi connectivity index (χ2n) is 5.32. The largest absolute Gasteiger partial charge is 0.439 e. The Labute approximate surface area is 138 Å². The summed E-state index contributed by atoms with van der Waals surface area (Å²) in [5, 5.41) is 3.18. The molecule has 0 fully saturated rings. The summed E-state index contributed by atoms with van der Waals surface area (Å²) in [6, 6.07) is 17.2. The Morgan fingerprint density at radius 1 is 1.00 bits per heavy atom. The summed E-state index contributed by atoms with van der Waals surface area (Å²) in [4.78, 5) is 13.0. The highest BCUT2D eigenvalue weighted by atomic mass is 16.5. The van der Waals surface area contributed by atoms with Crippen LogP contribution in [0.5, 0.6) is 11.6 Å². The van der Waals surface area contributed by atoms with Crippen molar-refractivity contribution in [2.75, 3.05) is 5.32 Å². The van der Waals surface area contributed by atoms with Crippen LogP contribution in [0.2, 0.25) is 0 Å². The number of nitrogens with one attached hydrogen (secondary N) is 1. The first-order chi connectivity index (χ1) is 11.8. The molecule has 0 radical (unpaired) electrons. The Morgan fingerprint density at radius 3 is 2.75 bits per heavy atom. The molecule has 6 nitrogen and oxygen atoms in total. The fourth-order valence-electron chi connectivity index (χ4n) is 2.41. The molecule has 0 amide bonds. The minimum absolute atomic E-state index is 0.471. The molecule has 1 N–H and O–H groups in total. The van der Waals surface area contributed by atoms with E-state index < -0.39 is 0 Å². The average Bonchev–Trinajstić information content (AvgIpc) is 2.97. The monoisotopic (exact) mass is 317 g/mol. The minimum Gasteiger partial charge on any atom is -0.439 e. The van der Waals surface area contributed by atoms with Gasteiger partial charge in [-0.05, 0) is 30.3 Å². The predicted octanol–water partition coefficient (Wildman–Crippen LogP) is 3.90. The van der Waals surface area contributed by atoms with Gasteiger partial charge < -0.3 is 14.6 Å². The van der Waals surface area contributed by atoms with Gasteiger partial charge >= 0.3 is 0 Å². The van der Waals surface area contributed by atoms with E-state index in [4.69, 9.17) is 4.74 Å². The van der Waals surface area contributed by atoms with Gasteiger partial charge in [0, 0.05) is 25.0 Å². The van der Waals surface area contributed by atoms with Crippen LogP contribution in [0.3, 0.4) is 0 Å². The lowest BCUT2D eigenvalue weighted by molar-refractivity contribution is 0.462. The van der Waals surface area contributed by atoms with Crippen LogP contribution in [0, 0.1) is 0 Å². The van der Waals surface area contributed by atoms with Gasteiger partial charge in [0.1, 0.15) is 5.75 Å². The van der Waals surface area contributed by atoms with Crippen molar-refractivity contribution in [1.29, 1.82) is 0 Å². The minimum atomic E-state index is 0.471. The van der Waals surface area contributed by atoms with Gasteiger partial charge in [0.05, 0.1) is 17.4 Å². The smallest absolute Gasteiger partial charge is 0.230 e. The van der Waals surface area contributed by atoms with Gasteiger partial charge in [-0.1, -0.05) is 18.2 Å². The Morgan fingerprint density at radius 2 is 1.88 bits per heavy atom. The highest BCUT2D eigenvalue weighted by Gasteiger charge is 2.05. The third kappa shape index (κ3) is 2.89. The zero-order chi connectivity index (χ0) is 16.4. The number of imidazole rings is 1. The predicted molar refractivity (Wildman–Crippen MR) is 92.5 cm³/mol. The van der Waals surface area contributed by atoms with Crippen molar-refractivity contribution in [2.45, 2.75) is 0 Å². The quantitative estimate of drug-likeness (QED) is 0.618. The molecule has 2 aromatic carbocycles. The molecule has 4 aromatic rings. The van der Waals surface area contributed by atoms with Gasteiger partial charge in [-0.2, -0.15) is 4.98 Å². The van der Waals surface area contributed by atoms with Gasteiger partial charge in [0.15, 0.2) is 0 Å². The van der Waals surface area contributed by atoms with E-state index in [1.165, 1.54) is 0 Å². The van der Waals surface area contributed by atoms with Crippen LogP contribution in [0.25, 0.3) is 11.0 Å². The molecule has 0 aliphatic carbocycles. The number of fused-ring (bicyclic) bond motifs is 1. The highest BCUT2D eigenvalue weighted by molar-refractivity contribution is 5.80. The number of anilines is 2. The zero-order valence-electron chi connectivity index (χ0n) is 13.0. The molecule has 0 spiro atoms. The molecule has 2 aromatic heterocycles. The lowest BCUT2D eigenvalue weighted by atomic mass is 10.3. The molecule has 0 saturated heterocycles. The molecule has 118 valence electrons. The van der Waals surface area contributed by atoms with Crippen molar-refractivity contribution < 1.29 is 4.74 Å². The maximum atomic E-state index is 5.72. The lowest BCUT2D eigenvalue weighted by Crippen LogP contribution is -1.98. The summed E-state index contributed by atoms with van der Waals surface area (Å²) in [5.74, 6) is 1.69. The number of benzene rings is 2. The summed E-state index contributed by atoms with van der Waals surface area (Å²) in [6.45, 7) is 0. The standard InChI is InChI=1S/C18H15N5O/c1-23-12-20-15-11-13(7-8-16(15)23)21-18-19-10-9-17(22-18)24-14-5-3-2-4-6-14/h2-12H,1H3,(H,19,21,22). The highest BCUT2D eigenvalue weighted by Crippen LogP contribution is 2.22. The number of aryl methyl sites for hydroxylation is 1. The second-order valence-corrected chi connectivity index (χ2v) is 5.32. The van der Waals surface area contributed by atoms with E-state index in [0.717, 1.165) is 22.5 Å². The van der Waals surface area contributed by atoms with E-state index >= 15 is 0 Å². The molecule has 0 bridgehead atoms. The summed E-state index contributed by atoms with van der Waals surface area (Å²) in [5.41, 5.74) is 2.86. The van der Waals surface area contributed by atoms with Gasteiger partial charge in [0.25, 0.3) is 0 Å². The summed E-state index contributed by atoms with van der Waals surface area (Å²) in [7, 11) is 1.97. The molecule has 0 saturated carbocycles. The Bertz CT molecular complexity index is 981. The lowest BCUT2D eigenvalue weighted by Gasteiger charge is -2.08. The zero-order valence-corrected chi connectivity index (χ0v) is 13.0. The van der Waals surface area contributed by atoms with Crippen molar-refractivity contribution in [1.82, 2.24) is 19.5 Å². The second kappa shape index (κ2) is 6.00. The van der Waals surface area contributed by atoms with E-state index in [1.807, 2.05) is 60.1 Å². The van der Waals surface area contributed by atoms with Crippen molar-refractivity contribution in [3.8, 4) is 11.6 Å². The maximum absolute atomic E-state index is 5.72. The molecular formula is C18H15N5O. The van der Waals surface area contributed by atoms with E-state index in [0.29, 0.717) is 11.8 Å². The van der Waals surface area contributed by atoms with Crippen LogP contribution in [0.15, 0.2) is 67.1 Å². The summed E-state index contributed by atoms with van der Waals surface area (Å²) >= 11 is 0.